The number of carbonyl (C=O) groups excluding carboxylic acids is 1. The molecule has 32 heavy (non-hydrogen) atoms. The molecule has 1 aromatic heterocycles. The van der Waals surface area contributed by atoms with Crippen molar-refractivity contribution in [2.24, 2.45) is 11.0 Å². The molecule has 3 aromatic rings. The lowest BCUT2D eigenvalue weighted by Gasteiger charge is -2.29. The van der Waals surface area contributed by atoms with Gasteiger partial charge < -0.3 is 0 Å². The molecule has 1 saturated carbocycles. The van der Waals surface area contributed by atoms with Gasteiger partial charge in [-0.3, -0.25) is 9.78 Å². The van der Waals surface area contributed by atoms with Gasteiger partial charge in [0.15, 0.2) is 0 Å². The number of carbonyl (C=O) groups is 1. The molecule has 1 aliphatic carbocycles. The zero-order valence-electron chi connectivity index (χ0n) is 17.3. The quantitative estimate of drug-likeness (QED) is 0.429. The fourth-order valence-corrected chi connectivity index (χ4v) is 4.79. The Labute approximate surface area is 197 Å². The van der Waals surface area contributed by atoms with Crippen LogP contribution in [0.1, 0.15) is 46.8 Å². The monoisotopic (exact) mass is 461 g/mol. The Hall–Kier alpha value is -2.95. The highest BCUT2D eigenvalue weighted by atomic mass is 35.5. The van der Waals surface area contributed by atoms with Crippen LogP contribution < -0.4 is 0 Å². The Kier molecular flexibility index (Phi) is 5.81. The van der Waals surface area contributed by atoms with E-state index >= 15 is 0 Å². The van der Waals surface area contributed by atoms with Gasteiger partial charge in [-0.1, -0.05) is 47.5 Å². The van der Waals surface area contributed by atoms with E-state index in [-0.39, 0.29) is 17.9 Å². The summed E-state index contributed by atoms with van der Waals surface area (Å²) in [5, 5.41) is 7.93. The lowest BCUT2D eigenvalue weighted by molar-refractivity contribution is 0.0680. The van der Waals surface area contributed by atoms with E-state index in [4.69, 9.17) is 28.3 Å². The minimum Gasteiger partial charge on any atom is -0.267 e. The van der Waals surface area contributed by atoms with Gasteiger partial charge in [-0.05, 0) is 78.4 Å². The van der Waals surface area contributed by atoms with Crippen molar-refractivity contribution < 1.29 is 4.79 Å². The molecule has 6 heteroatoms. The maximum Gasteiger partial charge on any atom is 0.276 e. The maximum absolute atomic E-state index is 13.5. The van der Waals surface area contributed by atoms with E-state index in [2.05, 4.69) is 11.1 Å². The summed E-state index contributed by atoms with van der Waals surface area (Å²) < 4.78 is 0. The van der Waals surface area contributed by atoms with Crippen molar-refractivity contribution in [1.82, 2.24) is 9.99 Å². The zero-order chi connectivity index (χ0) is 22.1. The molecule has 0 saturated heterocycles. The number of nitrogens with zero attached hydrogens (tertiary/aromatic N) is 3. The normalized spacial score (nSPS) is 21.4. The van der Waals surface area contributed by atoms with Crippen molar-refractivity contribution in [1.29, 1.82) is 0 Å². The number of rotatable bonds is 3. The maximum atomic E-state index is 13.5. The van der Waals surface area contributed by atoms with Gasteiger partial charge in [0.25, 0.3) is 5.91 Å². The van der Waals surface area contributed by atoms with Gasteiger partial charge >= 0.3 is 0 Å². The average molecular weight is 462 g/mol. The van der Waals surface area contributed by atoms with Gasteiger partial charge in [-0.15, -0.1) is 0 Å². The number of halogens is 2. The van der Waals surface area contributed by atoms with E-state index in [9.17, 15) is 4.79 Å². The predicted octanol–water partition coefficient (Wildman–Crippen LogP) is 6.83. The number of hydrazone groups is 1. The lowest BCUT2D eigenvalue weighted by atomic mass is 9.77. The van der Waals surface area contributed by atoms with Crippen molar-refractivity contribution >= 4 is 40.9 Å². The third kappa shape index (κ3) is 4.08. The second-order valence-electron chi connectivity index (χ2n) is 8.09. The molecule has 2 aromatic carbocycles. The minimum atomic E-state index is -0.177. The Bertz CT molecular complexity index is 1190. The van der Waals surface area contributed by atoms with Crippen LogP contribution in [0.5, 0.6) is 0 Å². The fourth-order valence-electron chi connectivity index (χ4n) is 4.54. The fraction of sp³-hybridized carbons (Fsp3) is 0.192. The van der Waals surface area contributed by atoms with Gasteiger partial charge in [0.1, 0.15) is 0 Å². The molecule has 2 aliphatic rings. The molecule has 160 valence electrons. The number of fused-ring (bicyclic) bond motifs is 1. The number of benzene rings is 2. The summed E-state index contributed by atoms with van der Waals surface area (Å²) in [5.74, 6) is -0.0186. The van der Waals surface area contributed by atoms with E-state index in [1.54, 1.807) is 29.5 Å². The predicted molar refractivity (Wildman–Crippen MR) is 129 cm³/mol. The highest BCUT2D eigenvalue weighted by molar-refractivity contribution is 6.30. The first-order valence-electron chi connectivity index (χ1n) is 10.6. The first-order valence-corrected chi connectivity index (χ1v) is 11.4. The van der Waals surface area contributed by atoms with Crippen LogP contribution in [-0.2, 0) is 0 Å². The Morgan fingerprint density at radius 1 is 1.00 bits per heavy atom. The smallest absolute Gasteiger partial charge is 0.267 e. The zero-order valence-corrected chi connectivity index (χ0v) is 18.8. The van der Waals surface area contributed by atoms with Gasteiger partial charge in [-0.25, -0.2) is 5.01 Å². The van der Waals surface area contributed by atoms with Crippen LogP contribution in [0.4, 0.5) is 0 Å². The van der Waals surface area contributed by atoms with Crippen molar-refractivity contribution in [2.75, 3.05) is 0 Å². The standard InChI is InChI=1S/C26H21Cl2N3O/c27-21-10-6-17(7-11-21)15-19-3-1-5-23-24(19)30-31(26(32)20-4-2-14-29-16-20)25(23)18-8-12-22(28)13-9-18/h2,4,6-16,23,25H,1,3,5H2/b19-15+/t23-,25+/m0/s1. The summed E-state index contributed by atoms with van der Waals surface area (Å²) in [6.45, 7) is 0. The molecular weight excluding hydrogens is 441 g/mol. The highest BCUT2D eigenvalue weighted by Crippen LogP contribution is 2.45. The molecule has 0 bridgehead atoms. The molecule has 1 aliphatic heterocycles. The van der Waals surface area contributed by atoms with Crippen LogP contribution in [0.25, 0.3) is 6.08 Å². The topological polar surface area (TPSA) is 45.6 Å². The van der Waals surface area contributed by atoms with E-state index in [1.165, 1.54) is 5.57 Å². The summed E-state index contributed by atoms with van der Waals surface area (Å²) in [6, 6.07) is 18.9. The number of hydrogen-bond acceptors (Lipinski definition) is 3. The van der Waals surface area contributed by atoms with Crippen molar-refractivity contribution in [3.05, 3.63) is 105 Å². The average Bonchev–Trinajstić information content (AvgIpc) is 3.22. The summed E-state index contributed by atoms with van der Waals surface area (Å²) >= 11 is 12.2. The third-order valence-electron chi connectivity index (χ3n) is 6.04. The molecule has 0 unspecified atom stereocenters. The van der Waals surface area contributed by atoms with E-state index < -0.39 is 0 Å². The molecule has 0 radical (unpaired) electrons. The third-order valence-corrected chi connectivity index (χ3v) is 6.54. The van der Waals surface area contributed by atoms with E-state index in [0.717, 1.165) is 36.1 Å². The second kappa shape index (κ2) is 8.89. The van der Waals surface area contributed by atoms with Crippen LogP contribution in [0.15, 0.2) is 83.7 Å². The molecule has 2 heterocycles. The van der Waals surface area contributed by atoms with Gasteiger partial charge in [0, 0.05) is 28.4 Å². The largest absolute Gasteiger partial charge is 0.276 e. The molecule has 0 spiro atoms. The Morgan fingerprint density at radius 2 is 1.72 bits per heavy atom. The lowest BCUT2D eigenvalue weighted by Crippen LogP contribution is -2.32. The van der Waals surface area contributed by atoms with Crippen LogP contribution >= 0.6 is 23.2 Å². The number of hydrogen-bond donors (Lipinski definition) is 0. The van der Waals surface area contributed by atoms with Crippen LogP contribution in [0, 0.1) is 5.92 Å². The van der Waals surface area contributed by atoms with Gasteiger partial charge in [-0.2, -0.15) is 5.10 Å². The first-order chi connectivity index (χ1) is 15.6. The molecule has 0 N–H and O–H groups in total. The SMILES string of the molecule is O=C(c1cccnc1)N1N=C2/C(=C/c3ccc(Cl)cc3)CCC[C@@H]2[C@H]1c1ccc(Cl)cc1. The molecular formula is C26H21Cl2N3O. The summed E-state index contributed by atoms with van der Waals surface area (Å²) in [6.07, 6.45) is 8.37. The molecule has 2 atom stereocenters. The van der Waals surface area contributed by atoms with Crippen LogP contribution in [-0.4, -0.2) is 21.6 Å². The summed E-state index contributed by atoms with van der Waals surface area (Å²) in [7, 11) is 0. The van der Waals surface area contributed by atoms with E-state index in [0.29, 0.717) is 15.6 Å². The number of amides is 1. The van der Waals surface area contributed by atoms with E-state index in [1.807, 2.05) is 48.5 Å². The highest BCUT2D eigenvalue weighted by Gasteiger charge is 2.43. The molecule has 1 fully saturated rings. The summed E-state index contributed by atoms with van der Waals surface area (Å²) in [4.78, 5) is 17.6. The first kappa shape index (κ1) is 20.9. The van der Waals surface area contributed by atoms with Gasteiger partial charge in [0.05, 0.1) is 17.3 Å². The molecule has 1 amide bonds. The van der Waals surface area contributed by atoms with Crippen molar-refractivity contribution in [2.45, 2.75) is 25.3 Å². The van der Waals surface area contributed by atoms with Crippen molar-refractivity contribution in [3.63, 3.8) is 0 Å². The number of allylic oxidation sites excluding steroid dienone is 1. The van der Waals surface area contributed by atoms with Crippen LogP contribution in [0.3, 0.4) is 0 Å². The second-order valence-corrected chi connectivity index (χ2v) is 8.97. The number of aromatic nitrogens is 1. The Morgan fingerprint density at radius 3 is 2.41 bits per heavy atom. The number of pyridine rings is 1. The van der Waals surface area contributed by atoms with Crippen molar-refractivity contribution in [3.8, 4) is 0 Å². The summed E-state index contributed by atoms with van der Waals surface area (Å²) in [5.41, 5.74) is 4.79. The minimum absolute atomic E-state index is 0.129. The van der Waals surface area contributed by atoms with Gasteiger partial charge in [0.2, 0.25) is 0 Å². The molecule has 5 rings (SSSR count). The van der Waals surface area contributed by atoms with Crippen LogP contribution in [0.2, 0.25) is 10.0 Å². The Balaban J connectivity index is 1.57. The molecule has 4 nitrogen and oxygen atoms in total.